The monoisotopic (exact) mass is 261 g/mol. The molecule has 4 nitrogen and oxygen atoms in total. The lowest BCUT2D eigenvalue weighted by Gasteiger charge is -2.22. The molecule has 0 aromatic rings. The topological polar surface area (TPSA) is 66.4 Å². The minimum atomic E-state index is -3.12. The Morgan fingerprint density at radius 2 is 1.76 bits per heavy atom. The summed E-state index contributed by atoms with van der Waals surface area (Å²) in [6, 6.07) is 0. The van der Waals surface area contributed by atoms with Gasteiger partial charge in [0.25, 0.3) is 0 Å². The normalized spacial score (nSPS) is 31.8. The lowest BCUT2D eigenvalue weighted by atomic mass is 10.0. The molecule has 0 spiro atoms. The summed E-state index contributed by atoms with van der Waals surface area (Å²) in [4.78, 5) is 0. The van der Waals surface area contributed by atoms with Gasteiger partial charge in [0, 0.05) is 6.54 Å². The first-order valence-corrected chi connectivity index (χ1v) is 8.29. The highest BCUT2D eigenvalue weighted by atomic mass is 32.2. The van der Waals surface area contributed by atoms with E-state index in [1.54, 1.807) is 0 Å². The highest BCUT2D eigenvalue weighted by Crippen LogP contribution is 2.26. The van der Waals surface area contributed by atoms with Crippen molar-refractivity contribution in [1.82, 2.24) is 4.72 Å². The van der Waals surface area contributed by atoms with Crippen LogP contribution in [0.3, 0.4) is 0 Å². The first-order chi connectivity index (χ1) is 8.08. The van der Waals surface area contributed by atoms with Crippen LogP contribution in [0, 0.1) is 5.92 Å². The second kappa shape index (κ2) is 5.67. The summed E-state index contributed by atoms with van der Waals surface area (Å²) in [6.07, 6.45) is 7.13. The predicted octanol–water partition coefficient (Wildman–Crippen LogP) is 1.40. The fourth-order valence-corrected chi connectivity index (χ4v) is 4.62. The van der Waals surface area contributed by atoms with E-state index in [0.717, 1.165) is 44.9 Å². The van der Waals surface area contributed by atoms with Crippen LogP contribution in [0.1, 0.15) is 51.4 Å². The van der Waals surface area contributed by atoms with Gasteiger partial charge in [0.2, 0.25) is 10.0 Å². The highest BCUT2D eigenvalue weighted by Gasteiger charge is 2.29. The maximum Gasteiger partial charge on any atom is 0.214 e. The van der Waals surface area contributed by atoms with E-state index >= 15 is 0 Å². The van der Waals surface area contributed by atoms with Gasteiger partial charge < -0.3 is 5.11 Å². The van der Waals surface area contributed by atoms with Crippen molar-refractivity contribution in [3.63, 3.8) is 0 Å². The SMILES string of the molecule is O=S(=O)(NCC1CCC(O)C1)C1CCCCC1. The fourth-order valence-electron chi connectivity index (χ4n) is 2.96. The van der Waals surface area contributed by atoms with Gasteiger partial charge in [-0.05, 0) is 38.0 Å². The van der Waals surface area contributed by atoms with Gasteiger partial charge in [0.15, 0.2) is 0 Å². The summed E-state index contributed by atoms with van der Waals surface area (Å²) >= 11 is 0. The van der Waals surface area contributed by atoms with Gasteiger partial charge in [-0.1, -0.05) is 19.3 Å². The Bertz CT molecular complexity index is 336. The summed E-state index contributed by atoms with van der Waals surface area (Å²) in [5.41, 5.74) is 0. The van der Waals surface area contributed by atoms with Gasteiger partial charge in [0.1, 0.15) is 0 Å². The van der Waals surface area contributed by atoms with Crippen molar-refractivity contribution < 1.29 is 13.5 Å². The molecule has 2 rings (SSSR count). The lowest BCUT2D eigenvalue weighted by molar-refractivity contribution is 0.178. The van der Waals surface area contributed by atoms with E-state index in [0.29, 0.717) is 12.5 Å². The summed E-state index contributed by atoms with van der Waals surface area (Å²) in [5.74, 6) is 0.323. The molecular weight excluding hydrogens is 238 g/mol. The average molecular weight is 261 g/mol. The zero-order chi connectivity index (χ0) is 12.3. The fraction of sp³-hybridized carbons (Fsp3) is 1.00. The Labute approximate surface area is 104 Å². The van der Waals surface area contributed by atoms with Crippen LogP contribution in [-0.4, -0.2) is 31.4 Å². The predicted molar refractivity (Wildman–Crippen MR) is 67.1 cm³/mol. The molecule has 0 aromatic heterocycles. The minimum Gasteiger partial charge on any atom is -0.393 e. The van der Waals surface area contributed by atoms with Crippen molar-refractivity contribution >= 4 is 10.0 Å². The Morgan fingerprint density at radius 3 is 2.35 bits per heavy atom. The molecular formula is C12H23NO3S. The molecule has 2 unspecified atom stereocenters. The second-order valence-corrected chi connectivity index (χ2v) is 7.53. The van der Waals surface area contributed by atoms with E-state index in [9.17, 15) is 13.5 Å². The number of aliphatic hydroxyl groups excluding tert-OH is 1. The molecule has 0 heterocycles. The molecule has 0 amide bonds. The third-order valence-corrected chi connectivity index (χ3v) is 6.00. The van der Waals surface area contributed by atoms with E-state index in [1.165, 1.54) is 6.42 Å². The number of aliphatic hydroxyl groups is 1. The molecule has 2 aliphatic carbocycles. The van der Waals surface area contributed by atoms with Crippen molar-refractivity contribution in [1.29, 1.82) is 0 Å². The molecule has 0 bridgehead atoms. The Hall–Kier alpha value is -0.130. The lowest BCUT2D eigenvalue weighted by Crippen LogP contribution is -2.37. The molecule has 17 heavy (non-hydrogen) atoms. The average Bonchev–Trinajstić information content (AvgIpc) is 2.74. The van der Waals surface area contributed by atoms with Crippen LogP contribution >= 0.6 is 0 Å². The number of rotatable bonds is 4. The van der Waals surface area contributed by atoms with Crippen LogP contribution in [-0.2, 0) is 10.0 Å². The van der Waals surface area contributed by atoms with E-state index in [-0.39, 0.29) is 11.4 Å². The van der Waals surface area contributed by atoms with Crippen LogP contribution < -0.4 is 4.72 Å². The summed E-state index contributed by atoms with van der Waals surface area (Å²) in [6.45, 7) is 0.510. The Balaban J connectivity index is 1.80. The number of sulfonamides is 1. The van der Waals surface area contributed by atoms with Gasteiger partial charge >= 0.3 is 0 Å². The van der Waals surface area contributed by atoms with Crippen molar-refractivity contribution in [3.8, 4) is 0 Å². The van der Waals surface area contributed by atoms with Crippen LogP contribution in [0.15, 0.2) is 0 Å². The molecule has 2 fully saturated rings. The van der Waals surface area contributed by atoms with Gasteiger partial charge in [-0.15, -0.1) is 0 Å². The molecule has 2 N–H and O–H groups in total. The van der Waals surface area contributed by atoms with Gasteiger partial charge in [0.05, 0.1) is 11.4 Å². The van der Waals surface area contributed by atoms with Gasteiger partial charge in [-0.2, -0.15) is 0 Å². The quantitative estimate of drug-likeness (QED) is 0.804. The number of nitrogens with one attached hydrogen (secondary N) is 1. The molecule has 0 aliphatic heterocycles. The largest absolute Gasteiger partial charge is 0.393 e. The smallest absolute Gasteiger partial charge is 0.214 e. The van der Waals surface area contributed by atoms with Crippen molar-refractivity contribution in [2.75, 3.05) is 6.54 Å². The molecule has 2 atom stereocenters. The van der Waals surface area contributed by atoms with Crippen molar-refractivity contribution in [2.24, 2.45) is 5.92 Å². The van der Waals surface area contributed by atoms with Crippen molar-refractivity contribution in [3.05, 3.63) is 0 Å². The minimum absolute atomic E-state index is 0.178. The van der Waals surface area contributed by atoms with E-state index < -0.39 is 10.0 Å². The van der Waals surface area contributed by atoms with Crippen LogP contribution in [0.5, 0.6) is 0 Å². The van der Waals surface area contributed by atoms with Crippen LogP contribution in [0.2, 0.25) is 0 Å². The zero-order valence-corrected chi connectivity index (χ0v) is 11.1. The first kappa shape index (κ1) is 13.3. The zero-order valence-electron chi connectivity index (χ0n) is 10.3. The standard InChI is InChI=1S/C12H23NO3S/c14-11-7-6-10(8-11)9-13-17(15,16)12-4-2-1-3-5-12/h10-14H,1-9H2. The van der Waals surface area contributed by atoms with Crippen molar-refractivity contribution in [2.45, 2.75) is 62.7 Å². The molecule has 100 valence electrons. The van der Waals surface area contributed by atoms with Gasteiger partial charge in [-0.25, -0.2) is 13.1 Å². The highest BCUT2D eigenvalue weighted by molar-refractivity contribution is 7.90. The summed E-state index contributed by atoms with van der Waals surface area (Å²) in [7, 11) is -3.12. The third-order valence-electron chi connectivity index (χ3n) is 4.08. The van der Waals surface area contributed by atoms with E-state index in [4.69, 9.17) is 0 Å². The maximum atomic E-state index is 12.1. The van der Waals surface area contributed by atoms with E-state index in [2.05, 4.69) is 4.72 Å². The molecule has 0 radical (unpaired) electrons. The molecule has 2 saturated carbocycles. The summed E-state index contributed by atoms with van der Waals surface area (Å²) < 4.78 is 26.9. The third kappa shape index (κ3) is 3.66. The second-order valence-electron chi connectivity index (χ2n) is 5.49. The molecule has 2 aliphatic rings. The Kier molecular flexibility index (Phi) is 4.44. The Morgan fingerprint density at radius 1 is 1.06 bits per heavy atom. The maximum absolute atomic E-state index is 12.1. The van der Waals surface area contributed by atoms with E-state index in [1.807, 2.05) is 0 Å². The first-order valence-electron chi connectivity index (χ1n) is 6.74. The van der Waals surface area contributed by atoms with Crippen LogP contribution in [0.4, 0.5) is 0 Å². The summed E-state index contributed by atoms with van der Waals surface area (Å²) in [5, 5.41) is 9.22. The van der Waals surface area contributed by atoms with Crippen LogP contribution in [0.25, 0.3) is 0 Å². The molecule has 5 heteroatoms. The van der Waals surface area contributed by atoms with Gasteiger partial charge in [-0.3, -0.25) is 0 Å². The molecule has 0 saturated heterocycles. The number of hydrogen-bond donors (Lipinski definition) is 2. The number of hydrogen-bond acceptors (Lipinski definition) is 3. The molecule has 0 aromatic carbocycles.